The number of rotatable bonds is 4. The number of carbonyl (C=O) groups excluding carboxylic acids is 1. The lowest BCUT2D eigenvalue weighted by atomic mass is 10.7. The van der Waals surface area contributed by atoms with Crippen LogP contribution in [0.25, 0.3) is 0 Å². The molecule has 0 aliphatic rings. The van der Waals surface area contributed by atoms with E-state index in [-0.39, 0.29) is 0 Å². The minimum absolute atomic E-state index is 0.569. The average Bonchev–Trinajstić information content (AvgIpc) is 1.69. The molecule has 0 radical (unpaired) electrons. The van der Waals surface area contributed by atoms with Crippen LogP contribution in [0.15, 0.2) is 0 Å². The molecule has 0 aliphatic heterocycles. The summed E-state index contributed by atoms with van der Waals surface area (Å²) in [5, 5.41) is 5.36. The molecule has 0 fully saturated rings. The Bertz CT molecular complexity index is 47.0. The zero-order valence-corrected chi connectivity index (χ0v) is 4.40. The lowest BCUT2D eigenvalue weighted by Gasteiger charge is -1.94. The van der Waals surface area contributed by atoms with Gasteiger partial charge in [0.2, 0.25) is 6.41 Å². The van der Waals surface area contributed by atoms with Gasteiger partial charge in [-0.3, -0.25) is 4.79 Å². The predicted octanol–water partition coefficient (Wildman–Crippen LogP) is -0.701. The highest BCUT2D eigenvalue weighted by Gasteiger charge is 1.72. The minimum atomic E-state index is 0.569. The standard InChI is InChI=1S/C4H10N2O/c1-2-5-3-6-4-7/h4-5H,2-3H2,1H3,(H,6,7). The minimum Gasteiger partial charge on any atom is -0.346 e. The molecule has 42 valence electrons. The van der Waals surface area contributed by atoms with E-state index in [9.17, 15) is 4.79 Å². The van der Waals surface area contributed by atoms with Gasteiger partial charge >= 0.3 is 0 Å². The first-order chi connectivity index (χ1) is 3.41. The molecule has 0 aromatic heterocycles. The molecule has 0 aromatic carbocycles. The van der Waals surface area contributed by atoms with Crippen molar-refractivity contribution < 1.29 is 4.79 Å². The van der Waals surface area contributed by atoms with Crippen LogP contribution in [0.4, 0.5) is 0 Å². The van der Waals surface area contributed by atoms with Crippen molar-refractivity contribution in [2.24, 2.45) is 0 Å². The number of hydrogen-bond acceptors (Lipinski definition) is 2. The molecule has 0 atom stereocenters. The lowest BCUT2D eigenvalue weighted by molar-refractivity contribution is -0.109. The molecular formula is C4H10N2O. The highest BCUT2D eigenvalue weighted by molar-refractivity contribution is 5.45. The molecule has 0 aliphatic carbocycles. The average molecular weight is 102 g/mol. The lowest BCUT2D eigenvalue weighted by Crippen LogP contribution is -2.27. The number of amides is 1. The van der Waals surface area contributed by atoms with Crippen molar-refractivity contribution in [3.63, 3.8) is 0 Å². The van der Waals surface area contributed by atoms with Crippen molar-refractivity contribution in [2.45, 2.75) is 6.92 Å². The molecule has 0 aromatic rings. The van der Waals surface area contributed by atoms with Crippen LogP contribution in [-0.2, 0) is 4.79 Å². The number of nitrogens with one attached hydrogen (secondary N) is 2. The smallest absolute Gasteiger partial charge is 0.208 e. The van der Waals surface area contributed by atoms with Crippen molar-refractivity contribution in [3.05, 3.63) is 0 Å². The van der Waals surface area contributed by atoms with Crippen LogP contribution in [0.2, 0.25) is 0 Å². The highest BCUT2D eigenvalue weighted by Crippen LogP contribution is 1.45. The van der Waals surface area contributed by atoms with E-state index in [1.165, 1.54) is 0 Å². The Balaban J connectivity index is 2.56. The largest absolute Gasteiger partial charge is 0.346 e. The zero-order chi connectivity index (χ0) is 5.54. The summed E-state index contributed by atoms with van der Waals surface area (Å²) < 4.78 is 0. The van der Waals surface area contributed by atoms with Gasteiger partial charge in [-0.15, -0.1) is 0 Å². The maximum Gasteiger partial charge on any atom is 0.208 e. The van der Waals surface area contributed by atoms with Crippen molar-refractivity contribution in [1.82, 2.24) is 10.6 Å². The van der Waals surface area contributed by atoms with Crippen molar-refractivity contribution in [1.29, 1.82) is 0 Å². The van der Waals surface area contributed by atoms with E-state index in [1.807, 2.05) is 6.92 Å². The molecule has 0 saturated heterocycles. The van der Waals surface area contributed by atoms with E-state index in [2.05, 4.69) is 10.6 Å². The highest BCUT2D eigenvalue weighted by atomic mass is 16.1. The van der Waals surface area contributed by atoms with Crippen LogP contribution >= 0.6 is 0 Å². The van der Waals surface area contributed by atoms with Crippen molar-refractivity contribution >= 4 is 6.41 Å². The van der Waals surface area contributed by atoms with Gasteiger partial charge in [-0.1, -0.05) is 6.92 Å². The third-order valence-electron chi connectivity index (χ3n) is 0.560. The Morgan fingerprint density at radius 1 is 1.71 bits per heavy atom. The number of carbonyl (C=O) groups is 1. The molecule has 3 heteroatoms. The second-order valence-corrected chi connectivity index (χ2v) is 1.10. The first-order valence-corrected chi connectivity index (χ1v) is 2.29. The Morgan fingerprint density at radius 2 is 2.43 bits per heavy atom. The summed E-state index contributed by atoms with van der Waals surface area (Å²) >= 11 is 0. The van der Waals surface area contributed by atoms with E-state index in [0.29, 0.717) is 13.1 Å². The van der Waals surface area contributed by atoms with Crippen LogP contribution in [0.1, 0.15) is 6.92 Å². The van der Waals surface area contributed by atoms with Gasteiger partial charge < -0.3 is 10.6 Å². The molecule has 0 bridgehead atoms. The second kappa shape index (κ2) is 5.43. The SMILES string of the molecule is CCNCNC=O. The van der Waals surface area contributed by atoms with Gasteiger partial charge in [-0.25, -0.2) is 0 Å². The summed E-state index contributed by atoms with van der Waals surface area (Å²) in [4.78, 5) is 9.53. The molecule has 3 nitrogen and oxygen atoms in total. The molecular weight excluding hydrogens is 92.1 g/mol. The molecule has 0 rings (SSSR count). The fourth-order valence-electron chi connectivity index (χ4n) is 0.239. The first kappa shape index (κ1) is 6.43. The Kier molecular flexibility index (Phi) is 4.99. The topological polar surface area (TPSA) is 41.1 Å². The Labute approximate surface area is 43.1 Å². The van der Waals surface area contributed by atoms with E-state index >= 15 is 0 Å². The number of hydrogen-bond donors (Lipinski definition) is 2. The fourth-order valence-corrected chi connectivity index (χ4v) is 0.239. The zero-order valence-electron chi connectivity index (χ0n) is 4.40. The molecule has 0 spiro atoms. The maximum absolute atomic E-state index is 9.53. The van der Waals surface area contributed by atoms with E-state index in [0.717, 1.165) is 6.54 Å². The summed E-state index contributed by atoms with van der Waals surface area (Å²) in [5.74, 6) is 0. The van der Waals surface area contributed by atoms with E-state index < -0.39 is 0 Å². The van der Waals surface area contributed by atoms with Crippen LogP contribution < -0.4 is 10.6 Å². The predicted molar refractivity (Wildman–Crippen MR) is 27.7 cm³/mol. The summed E-state index contributed by atoms with van der Waals surface area (Å²) in [7, 11) is 0. The van der Waals surface area contributed by atoms with Crippen molar-refractivity contribution in [2.75, 3.05) is 13.2 Å². The normalized spacial score (nSPS) is 8.14. The van der Waals surface area contributed by atoms with E-state index in [1.54, 1.807) is 0 Å². The summed E-state index contributed by atoms with van der Waals surface area (Å²) in [6.07, 6.45) is 0.669. The van der Waals surface area contributed by atoms with Crippen molar-refractivity contribution in [3.8, 4) is 0 Å². The first-order valence-electron chi connectivity index (χ1n) is 2.29. The summed E-state index contributed by atoms with van der Waals surface area (Å²) in [6.45, 7) is 3.44. The maximum atomic E-state index is 9.53. The summed E-state index contributed by atoms with van der Waals surface area (Å²) in [6, 6.07) is 0. The Morgan fingerprint density at radius 3 is 2.86 bits per heavy atom. The van der Waals surface area contributed by atoms with Crippen LogP contribution in [0.5, 0.6) is 0 Å². The van der Waals surface area contributed by atoms with Gasteiger partial charge in [-0.2, -0.15) is 0 Å². The third kappa shape index (κ3) is 5.43. The molecule has 0 unspecified atom stereocenters. The van der Waals surface area contributed by atoms with E-state index in [4.69, 9.17) is 0 Å². The van der Waals surface area contributed by atoms with Crippen LogP contribution in [-0.4, -0.2) is 19.6 Å². The van der Waals surface area contributed by atoms with Gasteiger partial charge in [0.1, 0.15) is 0 Å². The van der Waals surface area contributed by atoms with Gasteiger partial charge in [-0.05, 0) is 6.54 Å². The van der Waals surface area contributed by atoms with Gasteiger partial charge in [0, 0.05) is 0 Å². The second-order valence-electron chi connectivity index (χ2n) is 1.10. The van der Waals surface area contributed by atoms with Crippen LogP contribution in [0, 0.1) is 0 Å². The molecule has 7 heavy (non-hydrogen) atoms. The summed E-state index contributed by atoms with van der Waals surface area (Å²) in [5.41, 5.74) is 0. The van der Waals surface area contributed by atoms with Gasteiger partial charge in [0.15, 0.2) is 0 Å². The Hall–Kier alpha value is -0.570. The molecule has 1 amide bonds. The fraction of sp³-hybridized carbons (Fsp3) is 0.750. The monoisotopic (exact) mass is 102 g/mol. The van der Waals surface area contributed by atoms with Gasteiger partial charge in [0.25, 0.3) is 0 Å². The third-order valence-corrected chi connectivity index (χ3v) is 0.560. The molecule has 0 heterocycles. The van der Waals surface area contributed by atoms with Crippen LogP contribution in [0.3, 0.4) is 0 Å². The molecule has 2 N–H and O–H groups in total. The quantitative estimate of drug-likeness (QED) is 0.280. The molecule has 0 saturated carbocycles. The van der Waals surface area contributed by atoms with Gasteiger partial charge in [0.05, 0.1) is 6.67 Å².